The fourth-order valence-electron chi connectivity index (χ4n) is 4.87. The lowest BCUT2D eigenvalue weighted by Gasteiger charge is -2.20. The number of aromatic nitrogens is 2. The van der Waals surface area contributed by atoms with Crippen LogP contribution in [0.5, 0.6) is 11.9 Å². The molecule has 0 spiro atoms. The first kappa shape index (κ1) is 26.6. The zero-order valence-electron chi connectivity index (χ0n) is 21.5. The minimum absolute atomic E-state index is 0.319. The first-order valence-corrected chi connectivity index (χ1v) is 12.6. The maximum Gasteiger partial charge on any atom is 0.488 e. The first-order valence-electron chi connectivity index (χ1n) is 12.6. The summed E-state index contributed by atoms with van der Waals surface area (Å²) in [5.74, 6) is 2.07. The minimum Gasteiger partial charge on any atom is -0.480 e. The molecular formula is C28H33BN4O4. The van der Waals surface area contributed by atoms with Gasteiger partial charge in [0.05, 0.1) is 31.4 Å². The van der Waals surface area contributed by atoms with Crippen LogP contribution in [0.2, 0.25) is 0 Å². The molecule has 1 saturated heterocycles. The van der Waals surface area contributed by atoms with Crippen molar-refractivity contribution >= 4 is 12.6 Å². The number of benzene rings is 2. The van der Waals surface area contributed by atoms with E-state index in [1.807, 2.05) is 6.07 Å². The first-order chi connectivity index (χ1) is 17.9. The van der Waals surface area contributed by atoms with Crippen molar-refractivity contribution in [3.05, 3.63) is 65.9 Å². The normalized spacial score (nSPS) is 20.4. The van der Waals surface area contributed by atoms with Gasteiger partial charge in [-0.3, -0.25) is 0 Å². The van der Waals surface area contributed by atoms with E-state index in [-0.39, 0.29) is 0 Å². The van der Waals surface area contributed by atoms with Crippen LogP contribution in [-0.2, 0) is 0 Å². The molecule has 2 N–H and O–H groups in total. The van der Waals surface area contributed by atoms with Gasteiger partial charge >= 0.3 is 13.1 Å². The molecule has 2 aromatic carbocycles. The fourth-order valence-corrected chi connectivity index (χ4v) is 4.87. The highest BCUT2D eigenvalue weighted by atomic mass is 16.5. The van der Waals surface area contributed by atoms with Crippen molar-refractivity contribution < 1.29 is 19.5 Å². The van der Waals surface area contributed by atoms with Gasteiger partial charge in [-0.25, -0.2) is 4.98 Å². The van der Waals surface area contributed by atoms with E-state index in [1.54, 1.807) is 20.4 Å². The average molecular weight is 500 g/mol. The van der Waals surface area contributed by atoms with Crippen molar-refractivity contribution in [2.24, 2.45) is 5.92 Å². The lowest BCUT2D eigenvalue weighted by Crippen LogP contribution is -2.29. The zero-order chi connectivity index (χ0) is 26.4. The van der Waals surface area contributed by atoms with Gasteiger partial charge in [0, 0.05) is 18.8 Å². The van der Waals surface area contributed by atoms with Crippen molar-refractivity contribution in [2.75, 3.05) is 27.3 Å². The molecule has 9 heteroatoms. The van der Waals surface area contributed by atoms with Gasteiger partial charge in [-0.05, 0) is 73.3 Å². The molecule has 0 unspecified atom stereocenters. The third kappa shape index (κ3) is 6.66. The van der Waals surface area contributed by atoms with Crippen LogP contribution in [0.3, 0.4) is 0 Å². The van der Waals surface area contributed by atoms with E-state index in [1.165, 1.54) is 62.2 Å². The molecule has 1 aliphatic heterocycles. The Bertz CT molecular complexity index is 1210. The third-order valence-corrected chi connectivity index (χ3v) is 7.18. The third-order valence-electron chi connectivity index (χ3n) is 7.18. The summed E-state index contributed by atoms with van der Waals surface area (Å²) in [5, 5.41) is 25.7. The number of nitrogens with zero attached hydrogens (tertiary/aromatic N) is 4. The number of hydrogen-bond acceptors (Lipinski definition) is 8. The number of hydrogen-bond donors (Lipinski definition) is 2. The maximum absolute atomic E-state index is 8.66. The molecule has 1 aromatic heterocycles. The van der Waals surface area contributed by atoms with E-state index in [2.05, 4.69) is 46.1 Å². The Kier molecular flexibility index (Phi) is 8.77. The number of rotatable bonds is 7. The largest absolute Gasteiger partial charge is 0.488 e. The summed E-state index contributed by atoms with van der Waals surface area (Å²) < 4.78 is 10.5. The topological polar surface area (TPSA) is 112 Å². The molecule has 0 amide bonds. The van der Waals surface area contributed by atoms with Gasteiger partial charge in [0.25, 0.3) is 0 Å². The maximum atomic E-state index is 8.66. The van der Waals surface area contributed by atoms with Gasteiger partial charge < -0.3 is 24.4 Å². The van der Waals surface area contributed by atoms with Crippen molar-refractivity contribution in [2.45, 2.75) is 38.1 Å². The van der Waals surface area contributed by atoms with Crippen LogP contribution in [0.4, 0.5) is 0 Å². The Hall–Kier alpha value is -3.45. The van der Waals surface area contributed by atoms with E-state index in [0.717, 1.165) is 23.1 Å². The van der Waals surface area contributed by atoms with E-state index >= 15 is 0 Å². The second-order valence-corrected chi connectivity index (χ2v) is 9.60. The number of likely N-dealkylation sites (tertiary alicyclic amines) is 1. The smallest absolute Gasteiger partial charge is 0.480 e. The van der Waals surface area contributed by atoms with Gasteiger partial charge in [0.15, 0.2) is 0 Å². The second-order valence-electron chi connectivity index (χ2n) is 9.60. The molecule has 1 saturated carbocycles. The van der Waals surface area contributed by atoms with Crippen LogP contribution in [0.1, 0.15) is 43.2 Å². The molecule has 37 heavy (non-hydrogen) atoms. The van der Waals surface area contributed by atoms with Crippen LogP contribution < -0.4 is 14.9 Å². The average Bonchev–Trinajstić information content (AvgIpc) is 3.60. The predicted molar refractivity (Wildman–Crippen MR) is 143 cm³/mol. The second kappa shape index (κ2) is 12.2. The lowest BCUT2D eigenvalue weighted by molar-refractivity contribution is 0.256. The molecule has 3 aromatic rings. The molecule has 2 heterocycles. The Labute approximate surface area is 218 Å². The monoisotopic (exact) mass is 500 g/mol. The molecule has 0 radical (unpaired) electrons. The van der Waals surface area contributed by atoms with Gasteiger partial charge in [-0.15, -0.1) is 0 Å². The van der Waals surface area contributed by atoms with E-state index in [0.29, 0.717) is 28.8 Å². The van der Waals surface area contributed by atoms with Gasteiger partial charge in [-0.2, -0.15) is 10.2 Å². The highest BCUT2D eigenvalue weighted by Crippen LogP contribution is 2.48. The summed E-state index contributed by atoms with van der Waals surface area (Å²) in [5.41, 5.74) is 4.30. The van der Waals surface area contributed by atoms with E-state index in [9.17, 15) is 0 Å². The van der Waals surface area contributed by atoms with E-state index < -0.39 is 7.12 Å². The Balaban J connectivity index is 0.000000245. The summed E-state index contributed by atoms with van der Waals surface area (Å²) in [6.45, 7) is 4.90. The van der Waals surface area contributed by atoms with Crippen molar-refractivity contribution in [3.63, 3.8) is 0 Å². The molecule has 0 bridgehead atoms. The standard InChI is InChI=1S/C21H27N3O2.C7H6BNO2/c1-14-5-4-10-24(14)13-17-11-18(17)15-6-8-16(9-7-15)19-12-22-21(26-3)23-20(19)25-2;9-5-6-1-3-7(4-2-6)8(10)11/h6-9,12,14,17-18H,4-5,10-11,13H2,1-3H3;1-4,10-11H/t14-,17+,18+;/m1./s1. The van der Waals surface area contributed by atoms with Gasteiger partial charge in [-0.1, -0.05) is 36.4 Å². The predicted octanol–water partition coefficient (Wildman–Crippen LogP) is 2.99. The van der Waals surface area contributed by atoms with Crippen LogP contribution in [0, 0.1) is 17.2 Å². The highest BCUT2D eigenvalue weighted by molar-refractivity contribution is 6.58. The lowest BCUT2D eigenvalue weighted by atomic mass is 9.80. The van der Waals surface area contributed by atoms with E-state index in [4.69, 9.17) is 24.8 Å². The Morgan fingerprint density at radius 2 is 1.81 bits per heavy atom. The summed E-state index contributed by atoms with van der Waals surface area (Å²) in [4.78, 5) is 11.1. The molecule has 5 rings (SSSR count). The zero-order valence-corrected chi connectivity index (χ0v) is 21.5. The Morgan fingerprint density at radius 3 is 2.38 bits per heavy atom. The van der Waals surface area contributed by atoms with Crippen molar-refractivity contribution in [1.82, 2.24) is 14.9 Å². The van der Waals surface area contributed by atoms with Crippen molar-refractivity contribution in [1.29, 1.82) is 5.26 Å². The Morgan fingerprint density at radius 1 is 1.08 bits per heavy atom. The number of ether oxygens (including phenoxy) is 2. The summed E-state index contributed by atoms with van der Waals surface area (Å²) in [7, 11) is 1.72. The molecular weight excluding hydrogens is 467 g/mol. The van der Waals surface area contributed by atoms with Gasteiger partial charge in [0.1, 0.15) is 0 Å². The molecule has 8 nitrogen and oxygen atoms in total. The number of nitriles is 1. The highest BCUT2D eigenvalue weighted by Gasteiger charge is 2.40. The SMILES string of the molecule is COc1ncc(-c2ccc([C@@H]3C[C@H]3CN3CCC[C@H]3C)cc2)c(OC)n1.N#Cc1ccc(B(O)O)cc1. The molecule has 2 fully saturated rings. The summed E-state index contributed by atoms with van der Waals surface area (Å²) in [6.07, 6.45) is 5.79. The van der Waals surface area contributed by atoms with Gasteiger partial charge in [0.2, 0.25) is 5.88 Å². The molecule has 2 aliphatic rings. The molecule has 192 valence electrons. The molecule has 3 atom stereocenters. The minimum atomic E-state index is -1.46. The van der Waals surface area contributed by atoms with Crippen LogP contribution in [-0.4, -0.2) is 65.4 Å². The number of methoxy groups -OCH3 is 2. The van der Waals surface area contributed by atoms with Crippen LogP contribution in [0.25, 0.3) is 11.1 Å². The summed E-state index contributed by atoms with van der Waals surface area (Å²) in [6, 6.07) is 17.9. The molecule has 1 aliphatic carbocycles. The van der Waals surface area contributed by atoms with Crippen molar-refractivity contribution in [3.8, 4) is 29.1 Å². The fraction of sp³-hybridized carbons (Fsp3) is 0.393. The van der Waals surface area contributed by atoms with Crippen LogP contribution in [0.15, 0.2) is 54.7 Å². The summed E-state index contributed by atoms with van der Waals surface area (Å²) >= 11 is 0. The van der Waals surface area contributed by atoms with Crippen LogP contribution >= 0.6 is 0 Å². The quantitative estimate of drug-likeness (QED) is 0.477.